The maximum atomic E-state index is 12.1. The summed E-state index contributed by atoms with van der Waals surface area (Å²) < 4.78 is 6.65. The summed E-state index contributed by atoms with van der Waals surface area (Å²) in [4.78, 5) is 16.5. The van der Waals surface area contributed by atoms with Crippen molar-refractivity contribution in [2.24, 2.45) is 5.73 Å². The van der Waals surface area contributed by atoms with E-state index in [9.17, 15) is 4.79 Å². The Morgan fingerprint density at radius 3 is 3.15 bits per heavy atom. The van der Waals surface area contributed by atoms with Crippen molar-refractivity contribution in [1.29, 1.82) is 0 Å². The lowest BCUT2D eigenvalue weighted by atomic mass is 10.2. The summed E-state index contributed by atoms with van der Waals surface area (Å²) in [6, 6.07) is 6.05. The monoisotopic (exact) mass is 291 g/mol. The molecule has 1 aromatic carbocycles. The van der Waals surface area contributed by atoms with E-state index in [0.717, 1.165) is 23.1 Å². The summed E-state index contributed by atoms with van der Waals surface area (Å²) in [5, 5.41) is 3.46. The molecule has 2 atom stereocenters. The highest BCUT2D eigenvalue weighted by Gasteiger charge is 2.30. The first-order chi connectivity index (χ1) is 9.65. The van der Waals surface area contributed by atoms with E-state index < -0.39 is 6.10 Å². The number of hydrogen-bond acceptors (Lipinski definition) is 5. The van der Waals surface area contributed by atoms with E-state index in [1.165, 1.54) is 16.9 Å². The van der Waals surface area contributed by atoms with Gasteiger partial charge in [-0.15, -0.1) is 0 Å². The van der Waals surface area contributed by atoms with Crippen molar-refractivity contribution in [2.45, 2.75) is 32.0 Å². The van der Waals surface area contributed by atoms with E-state index in [4.69, 9.17) is 10.5 Å². The predicted octanol–water partition coefficient (Wildman–Crippen LogP) is 2.05. The molecule has 0 spiro atoms. The molecule has 106 valence electrons. The zero-order valence-electron chi connectivity index (χ0n) is 11.3. The maximum absolute atomic E-state index is 12.1. The molecule has 20 heavy (non-hydrogen) atoms. The van der Waals surface area contributed by atoms with Crippen LogP contribution in [0.15, 0.2) is 18.2 Å². The van der Waals surface area contributed by atoms with Crippen LogP contribution < -0.4 is 11.1 Å². The third-order valence-electron chi connectivity index (χ3n) is 3.44. The largest absolute Gasteiger partial charge is 0.364 e. The number of rotatable bonds is 3. The smallest absolute Gasteiger partial charge is 0.255 e. The van der Waals surface area contributed by atoms with E-state index in [-0.39, 0.29) is 12.0 Å². The Morgan fingerprint density at radius 1 is 1.55 bits per heavy atom. The van der Waals surface area contributed by atoms with E-state index in [2.05, 4.69) is 16.4 Å². The topological polar surface area (TPSA) is 77.2 Å². The fourth-order valence-corrected chi connectivity index (χ4v) is 3.31. The molecule has 2 aromatic rings. The first kappa shape index (κ1) is 13.5. The maximum Gasteiger partial charge on any atom is 0.255 e. The van der Waals surface area contributed by atoms with Crippen LogP contribution in [-0.4, -0.2) is 29.6 Å². The molecule has 0 saturated carbocycles. The van der Waals surface area contributed by atoms with Crippen LogP contribution in [0.25, 0.3) is 10.2 Å². The number of hydrogen-bond donors (Lipinski definition) is 2. The number of nitrogens with zero attached hydrogens (tertiary/aromatic N) is 1. The summed E-state index contributed by atoms with van der Waals surface area (Å²) >= 11 is 1.48. The molecule has 0 aliphatic carbocycles. The van der Waals surface area contributed by atoms with Crippen LogP contribution >= 0.6 is 11.3 Å². The number of aryl methyl sites for hydroxylation is 1. The fourth-order valence-electron chi connectivity index (χ4n) is 2.34. The van der Waals surface area contributed by atoms with Gasteiger partial charge in [-0.2, -0.15) is 0 Å². The molecule has 1 aliphatic heterocycles. The number of thiazole rings is 1. The molecule has 1 saturated heterocycles. The van der Waals surface area contributed by atoms with Crippen LogP contribution in [0.5, 0.6) is 0 Å². The minimum Gasteiger partial charge on any atom is -0.364 e. The molecule has 0 bridgehead atoms. The second-order valence-corrected chi connectivity index (χ2v) is 6.07. The quantitative estimate of drug-likeness (QED) is 0.907. The highest BCUT2D eigenvalue weighted by molar-refractivity contribution is 7.22. The Labute approximate surface area is 121 Å². The molecule has 1 aromatic heterocycles. The van der Waals surface area contributed by atoms with Crippen molar-refractivity contribution in [3.63, 3.8) is 0 Å². The van der Waals surface area contributed by atoms with Gasteiger partial charge in [0.15, 0.2) is 5.13 Å². The fraction of sp³-hybridized carbons (Fsp3) is 0.429. The minimum absolute atomic E-state index is 0.00349. The van der Waals surface area contributed by atoms with Crippen LogP contribution in [0.2, 0.25) is 0 Å². The Bertz CT molecular complexity index is 640. The second-order valence-electron chi connectivity index (χ2n) is 5.04. The number of nitrogens with one attached hydrogen (secondary N) is 1. The Hall–Kier alpha value is -1.50. The van der Waals surface area contributed by atoms with Gasteiger partial charge >= 0.3 is 0 Å². The Morgan fingerprint density at radius 2 is 2.40 bits per heavy atom. The number of ether oxygens (including phenoxy) is 1. The number of nitrogens with two attached hydrogens (primary N) is 1. The Kier molecular flexibility index (Phi) is 3.69. The molecule has 1 aliphatic rings. The summed E-state index contributed by atoms with van der Waals surface area (Å²) in [6.45, 7) is 2.50. The van der Waals surface area contributed by atoms with Gasteiger partial charge in [0, 0.05) is 6.54 Å². The van der Waals surface area contributed by atoms with E-state index in [1.807, 2.05) is 19.1 Å². The molecule has 0 radical (unpaired) electrons. The third kappa shape index (κ3) is 2.67. The summed E-state index contributed by atoms with van der Waals surface area (Å²) in [6.07, 6.45) is 1.16. The van der Waals surface area contributed by atoms with Crippen molar-refractivity contribution in [2.75, 3.05) is 11.9 Å². The molecule has 1 fully saturated rings. The van der Waals surface area contributed by atoms with Crippen molar-refractivity contribution < 1.29 is 9.53 Å². The number of carbonyl (C=O) groups excluding carboxylic acids is 1. The van der Waals surface area contributed by atoms with Crippen LogP contribution in [0.4, 0.5) is 5.13 Å². The number of aromatic nitrogens is 1. The average Bonchev–Trinajstić information content (AvgIpc) is 3.03. The van der Waals surface area contributed by atoms with Crippen LogP contribution in [0.1, 0.15) is 18.4 Å². The lowest BCUT2D eigenvalue weighted by molar-refractivity contribution is -0.126. The third-order valence-corrected chi connectivity index (χ3v) is 4.37. The second kappa shape index (κ2) is 5.47. The molecule has 6 heteroatoms. The molecular weight excluding hydrogens is 274 g/mol. The number of benzene rings is 1. The molecule has 3 rings (SSSR count). The number of fused-ring (bicyclic) bond motifs is 1. The zero-order chi connectivity index (χ0) is 14.1. The normalized spacial score (nSPS) is 22.3. The van der Waals surface area contributed by atoms with Gasteiger partial charge in [-0.05, 0) is 37.5 Å². The molecule has 0 unspecified atom stereocenters. The number of anilines is 1. The average molecular weight is 291 g/mol. The van der Waals surface area contributed by atoms with E-state index in [1.54, 1.807) is 0 Å². The standard InChI is InChI=1S/C14H17N3O2S/c1-8-2-4-10-12(6-8)20-14(16-10)17-13(18)11-5-3-9(7-15)19-11/h2,4,6,9,11H,3,5,7,15H2,1H3,(H,16,17,18)/t9-,11+/m1/s1. The van der Waals surface area contributed by atoms with Gasteiger partial charge in [-0.1, -0.05) is 17.4 Å². The van der Waals surface area contributed by atoms with Gasteiger partial charge < -0.3 is 10.5 Å². The number of carbonyl (C=O) groups is 1. The van der Waals surface area contributed by atoms with Crippen LogP contribution in [-0.2, 0) is 9.53 Å². The zero-order valence-corrected chi connectivity index (χ0v) is 12.1. The number of amides is 1. The SMILES string of the molecule is Cc1ccc2nc(NC(=O)[C@@H]3CC[C@H](CN)O3)sc2c1. The lowest BCUT2D eigenvalue weighted by Crippen LogP contribution is -2.29. The lowest BCUT2D eigenvalue weighted by Gasteiger charge is -2.10. The molecule has 3 N–H and O–H groups in total. The van der Waals surface area contributed by atoms with Gasteiger partial charge in [0.05, 0.1) is 16.3 Å². The Balaban J connectivity index is 1.71. The van der Waals surface area contributed by atoms with Crippen molar-refractivity contribution in [3.05, 3.63) is 23.8 Å². The van der Waals surface area contributed by atoms with E-state index >= 15 is 0 Å². The highest BCUT2D eigenvalue weighted by atomic mass is 32.1. The van der Waals surface area contributed by atoms with Crippen LogP contribution in [0.3, 0.4) is 0 Å². The van der Waals surface area contributed by atoms with Gasteiger partial charge in [0.2, 0.25) is 0 Å². The van der Waals surface area contributed by atoms with Crippen molar-refractivity contribution >= 4 is 32.6 Å². The van der Waals surface area contributed by atoms with Gasteiger partial charge in [-0.25, -0.2) is 4.98 Å². The summed E-state index contributed by atoms with van der Waals surface area (Å²) in [7, 11) is 0. The molecule has 2 heterocycles. The summed E-state index contributed by atoms with van der Waals surface area (Å²) in [5.74, 6) is -0.128. The van der Waals surface area contributed by atoms with Gasteiger partial charge in [0.25, 0.3) is 5.91 Å². The van der Waals surface area contributed by atoms with Crippen molar-refractivity contribution in [1.82, 2.24) is 4.98 Å². The predicted molar refractivity (Wildman–Crippen MR) is 79.9 cm³/mol. The van der Waals surface area contributed by atoms with Crippen LogP contribution in [0, 0.1) is 6.92 Å². The first-order valence-electron chi connectivity index (χ1n) is 6.69. The summed E-state index contributed by atoms with van der Waals surface area (Å²) in [5.41, 5.74) is 7.64. The minimum atomic E-state index is -0.405. The first-order valence-corrected chi connectivity index (χ1v) is 7.51. The molecular formula is C14H17N3O2S. The van der Waals surface area contributed by atoms with Crippen molar-refractivity contribution in [3.8, 4) is 0 Å². The van der Waals surface area contributed by atoms with Gasteiger partial charge in [-0.3, -0.25) is 10.1 Å². The molecule has 1 amide bonds. The molecule has 5 nitrogen and oxygen atoms in total. The van der Waals surface area contributed by atoms with Gasteiger partial charge in [0.1, 0.15) is 6.10 Å². The van der Waals surface area contributed by atoms with E-state index in [0.29, 0.717) is 11.7 Å². The highest BCUT2D eigenvalue weighted by Crippen LogP contribution is 2.27.